The molecule has 1 aliphatic heterocycles. The summed E-state index contributed by atoms with van der Waals surface area (Å²) in [5.74, 6) is 0. The lowest BCUT2D eigenvalue weighted by molar-refractivity contribution is -0.383. The van der Waals surface area contributed by atoms with Crippen LogP contribution in [0.25, 0.3) is 142 Å². The highest BCUT2D eigenvalue weighted by Crippen LogP contribution is 2.59. The van der Waals surface area contributed by atoms with Gasteiger partial charge in [-0.1, -0.05) is 455 Å². The molecule has 0 radical (unpaired) electrons. The number of nitrogens with one attached hydrogen (secondary N) is 1. The highest BCUT2D eigenvalue weighted by atomic mass is 79.9. The number of benzene rings is 20. The van der Waals surface area contributed by atoms with Crippen molar-refractivity contribution in [3.05, 3.63) is 474 Å². The van der Waals surface area contributed by atoms with Crippen molar-refractivity contribution in [2.45, 2.75) is 123 Å². The molecule has 9 nitrogen and oxygen atoms in total. The van der Waals surface area contributed by atoms with E-state index in [1.165, 1.54) is 142 Å². The lowest BCUT2D eigenvalue weighted by Crippen LogP contribution is -2.41. The van der Waals surface area contributed by atoms with Crippen molar-refractivity contribution < 1.29 is 19.2 Å². The number of nitrogens with zero attached hydrogens (tertiary/aromatic N) is 2. The predicted molar refractivity (Wildman–Crippen MR) is 599 cm³/mol. The number of nitro benzene ring substituents is 2. The van der Waals surface area contributed by atoms with Crippen LogP contribution in [0.5, 0.6) is 0 Å². The van der Waals surface area contributed by atoms with Gasteiger partial charge < -0.3 is 14.3 Å². The first kappa shape index (κ1) is 93.6. The van der Waals surface area contributed by atoms with Gasteiger partial charge >= 0.3 is 7.12 Å². The fraction of sp³-hybridized carbons (Fsp3) is 0.150. The van der Waals surface area contributed by atoms with Crippen LogP contribution in [0.2, 0.25) is 0 Å². The number of aromatic nitrogens is 1. The molecule has 0 spiro atoms. The van der Waals surface area contributed by atoms with Gasteiger partial charge in [0.05, 0.1) is 42.9 Å². The summed E-state index contributed by atoms with van der Waals surface area (Å²) in [4.78, 5) is 27.1. The van der Waals surface area contributed by atoms with Crippen molar-refractivity contribution in [2.24, 2.45) is 0 Å². The van der Waals surface area contributed by atoms with Gasteiger partial charge in [-0.15, -0.1) is 0 Å². The molecule has 5 aliphatic rings. The fourth-order valence-electron chi connectivity index (χ4n) is 22.8. The van der Waals surface area contributed by atoms with E-state index in [1.807, 2.05) is 91.0 Å². The van der Waals surface area contributed by atoms with E-state index in [2.05, 4.69) is 423 Å². The van der Waals surface area contributed by atoms with E-state index >= 15 is 0 Å². The van der Waals surface area contributed by atoms with Crippen molar-refractivity contribution in [2.75, 3.05) is 0 Å². The summed E-state index contributed by atoms with van der Waals surface area (Å²) < 4.78 is 14.4. The average molecular weight is 1970 g/mol. The Morgan fingerprint density at radius 2 is 0.586 bits per heavy atom. The number of hydrogen-bond donors (Lipinski definition) is 1. The molecule has 0 atom stereocenters. The summed E-state index contributed by atoms with van der Waals surface area (Å²) in [7, 11) is -0.767. The molecule has 26 rings (SSSR count). The van der Waals surface area contributed by atoms with Crippen LogP contribution < -0.4 is 21.4 Å². The van der Waals surface area contributed by atoms with Gasteiger partial charge in [0, 0.05) is 53.2 Å². The fourth-order valence-corrected chi connectivity index (χ4v) is 26.7. The Balaban J connectivity index is 0.000000105. The van der Waals surface area contributed by atoms with Crippen molar-refractivity contribution in [1.82, 2.24) is 4.98 Å². The normalized spacial score (nSPS) is 14.8. The molecule has 1 fully saturated rings. The van der Waals surface area contributed by atoms with Gasteiger partial charge in [0.1, 0.15) is 4.47 Å². The number of H-pyrrole nitrogens is 1. The third-order valence-corrected chi connectivity index (χ3v) is 33.7. The third-order valence-electron chi connectivity index (χ3n) is 29.8. The number of aromatic amines is 1. The van der Waals surface area contributed by atoms with E-state index in [-0.39, 0.29) is 68.6 Å². The monoisotopic (exact) mass is 1970 g/mol. The Morgan fingerprint density at radius 3 is 1.05 bits per heavy atom. The van der Waals surface area contributed by atoms with Crippen LogP contribution in [0.1, 0.15) is 135 Å². The van der Waals surface area contributed by atoms with Gasteiger partial charge in [-0.05, 0) is 235 Å². The summed E-state index contributed by atoms with van der Waals surface area (Å²) in [5, 5.41) is 43.0. The minimum atomic E-state index is -0.446. The van der Waals surface area contributed by atoms with E-state index in [0.717, 1.165) is 54.5 Å². The summed E-state index contributed by atoms with van der Waals surface area (Å²) in [5.41, 5.74) is 26.1. The molecule has 1 aromatic heterocycles. The number of hydrogen-bond acceptors (Lipinski definition) is 6. The van der Waals surface area contributed by atoms with Crippen LogP contribution in [0.3, 0.4) is 0 Å². The first-order valence-electron chi connectivity index (χ1n) is 47.5. The van der Waals surface area contributed by atoms with Crippen molar-refractivity contribution in [3.8, 4) is 55.6 Å². The SMILES string of the molecule is C.CC1(C)c2ccccc2-c2ccc3[nH]c4c5ccccc5c5ccccc5c4c3c21.CC1(C)c2ccccc2-c2cccc(-c3c([N+](=O)[O-])c4ccccc4c4ccccc34)c21.CC1(C)c2ccccc2-c2cccc(B3OC(C)(C)C(C)(C)O3)c21.CC1(C)c2ccccc2-c2cccc(Br)c21.O=[N+]([O-])c1c(Br)c2ccccc2c2ccccc12.c1ccc(P(c2ccccc2)c2ccccc2)cc1. The van der Waals surface area contributed by atoms with Crippen LogP contribution in [0.4, 0.5) is 11.4 Å². The maximum Gasteiger partial charge on any atom is 0.495 e. The molecule has 13 heteroatoms. The van der Waals surface area contributed by atoms with Crippen LogP contribution in [-0.2, 0) is 31.0 Å². The molecule has 688 valence electrons. The number of halogens is 2. The van der Waals surface area contributed by atoms with Gasteiger partial charge in [0.25, 0.3) is 11.4 Å². The van der Waals surface area contributed by atoms with E-state index in [4.69, 9.17) is 9.31 Å². The minimum Gasteiger partial charge on any atom is -0.399 e. The smallest absolute Gasteiger partial charge is 0.399 e. The highest BCUT2D eigenvalue weighted by molar-refractivity contribution is 9.11. The quantitative estimate of drug-likeness (QED) is 0.0558. The van der Waals surface area contributed by atoms with Crippen molar-refractivity contribution in [1.29, 1.82) is 0 Å². The van der Waals surface area contributed by atoms with E-state index in [1.54, 1.807) is 6.07 Å². The second-order valence-electron chi connectivity index (χ2n) is 39.7. The van der Waals surface area contributed by atoms with E-state index in [0.29, 0.717) is 20.8 Å². The lowest BCUT2D eigenvalue weighted by atomic mass is 9.68. The highest BCUT2D eigenvalue weighted by Gasteiger charge is 2.54. The molecule has 20 aromatic carbocycles. The Hall–Kier alpha value is -14.1. The average Bonchev–Trinajstić information content (AvgIpc) is 1.53. The van der Waals surface area contributed by atoms with Crippen LogP contribution in [0, 0.1) is 20.2 Å². The Bertz CT molecular complexity index is 8410. The minimum absolute atomic E-state index is 0. The maximum atomic E-state index is 12.5. The zero-order chi connectivity index (χ0) is 96.3. The summed E-state index contributed by atoms with van der Waals surface area (Å²) in [6, 6.07) is 139. The molecule has 0 bridgehead atoms. The largest absolute Gasteiger partial charge is 0.495 e. The van der Waals surface area contributed by atoms with Gasteiger partial charge in [-0.2, -0.15) is 0 Å². The Morgan fingerprint density at radius 1 is 0.279 bits per heavy atom. The van der Waals surface area contributed by atoms with Gasteiger partial charge in [-0.3, -0.25) is 20.2 Å². The number of nitro groups is 2. The van der Waals surface area contributed by atoms with Gasteiger partial charge in [0.15, 0.2) is 0 Å². The first-order valence-corrected chi connectivity index (χ1v) is 50.5. The van der Waals surface area contributed by atoms with Crippen LogP contribution >= 0.6 is 39.8 Å². The summed E-state index contributed by atoms with van der Waals surface area (Å²) in [6.07, 6.45) is 0. The topological polar surface area (TPSA) is 121 Å². The lowest BCUT2D eigenvalue weighted by Gasteiger charge is -2.32. The molecule has 21 aromatic rings. The van der Waals surface area contributed by atoms with Gasteiger partial charge in [-0.25, -0.2) is 0 Å². The zero-order valence-corrected chi connectivity index (χ0v) is 83.8. The Kier molecular flexibility index (Phi) is 24.5. The zero-order valence-electron chi connectivity index (χ0n) is 79.7. The second kappa shape index (κ2) is 36.6. The molecule has 1 saturated heterocycles. The Labute approximate surface area is 836 Å². The predicted octanol–water partition coefficient (Wildman–Crippen LogP) is 33.6. The molecule has 140 heavy (non-hydrogen) atoms. The van der Waals surface area contributed by atoms with Crippen molar-refractivity contribution >= 4 is 166 Å². The van der Waals surface area contributed by atoms with Gasteiger partial charge in [0.2, 0.25) is 0 Å². The number of rotatable bonds is 7. The molecule has 0 saturated carbocycles. The van der Waals surface area contributed by atoms with E-state index < -0.39 is 7.92 Å². The molecular formula is C127H107BBr2N3O6P. The van der Waals surface area contributed by atoms with Crippen LogP contribution in [0.15, 0.2) is 409 Å². The molecule has 4 aliphatic carbocycles. The number of fused-ring (bicyclic) bond motifs is 27. The molecule has 0 amide bonds. The first-order chi connectivity index (χ1) is 67.1. The van der Waals surface area contributed by atoms with E-state index in [9.17, 15) is 20.2 Å². The standard InChI is InChI=1S/C29H21NO2.C29H21N.C21H25BO2.C18H15P.C15H13Br.C14H8BrNO2.CH4/c1-29(2)25-17-8-7-12-20(25)22-15-9-16-24(27(22)29)26-21-13-5-3-10-18(21)19-11-4-6-14-23(19)28(26)30(31)32;1-29(2)23-14-8-7-11-19(23)21-15-16-24-26(27(21)29)25-20-12-5-3-9-17(20)18-10-4-6-13-22(18)28(25)30-24;1-19(2)16-12-8-7-10-14(16)15-11-9-13-17(18(15)19)22-23-20(3,4)21(5,6)24-22;1-4-10-16(11-5-1)19(17-12-6-2-7-13-17)18-14-8-3-9-15-18;1-15(2)12-8-4-3-6-10(12)11-7-5-9-13(16)14(11)15;15-13-11-7-3-1-5-9(11)10-6-2-4-8-12(10)14(13)16(17)18;/h3-17H,1-2H3;3-16,30H,1-2H3;7-13H,1-6H3;1-15H;3-9H,1-2H3;1-8H;1H4. The molecule has 1 N–H and O–H groups in total. The molecular weight excluding hydrogens is 1870 g/mol. The third kappa shape index (κ3) is 15.7. The van der Waals surface area contributed by atoms with Crippen molar-refractivity contribution in [3.63, 3.8) is 0 Å². The molecule has 0 unspecified atom stereocenters. The maximum absolute atomic E-state index is 12.5. The molecule has 2 heterocycles. The second-order valence-corrected chi connectivity index (χ2v) is 43.6. The summed E-state index contributed by atoms with van der Waals surface area (Å²) >= 11 is 7.04. The van der Waals surface area contributed by atoms with Crippen LogP contribution in [-0.4, -0.2) is 33.2 Å². The summed E-state index contributed by atoms with van der Waals surface area (Å²) in [6.45, 7) is 26.8.